The lowest BCUT2D eigenvalue weighted by molar-refractivity contribution is 0.0805. The van der Waals surface area contributed by atoms with E-state index in [-0.39, 0.29) is 6.10 Å². The van der Waals surface area contributed by atoms with Crippen LogP contribution in [0, 0.1) is 11.8 Å². The van der Waals surface area contributed by atoms with E-state index < -0.39 is 6.09 Å². The van der Waals surface area contributed by atoms with E-state index in [1.165, 1.54) is 12.8 Å². The third kappa shape index (κ3) is 4.99. The largest absolute Gasteiger partial charge is 0.446 e. The third-order valence-electron chi connectivity index (χ3n) is 5.78. The average molecular weight is 361 g/mol. The minimum Gasteiger partial charge on any atom is -0.446 e. The summed E-state index contributed by atoms with van der Waals surface area (Å²) < 4.78 is 5.07. The summed E-state index contributed by atoms with van der Waals surface area (Å²) in [6.45, 7) is 6.81. The van der Waals surface area contributed by atoms with Crippen LogP contribution in [-0.4, -0.2) is 41.3 Å². The molecule has 1 aliphatic carbocycles. The molecule has 1 aromatic rings. The van der Waals surface area contributed by atoms with Crippen LogP contribution in [0.1, 0.15) is 52.4 Å². The van der Waals surface area contributed by atoms with Crippen molar-refractivity contribution in [3.63, 3.8) is 0 Å². The van der Waals surface area contributed by atoms with Gasteiger partial charge in [0.05, 0.1) is 18.1 Å². The van der Waals surface area contributed by atoms with Gasteiger partial charge in [-0.05, 0) is 50.4 Å². The van der Waals surface area contributed by atoms with E-state index in [1.54, 1.807) is 0 Å². The van der Waals surface area contributed by atoms with Gasteiger partial charge in [-0.1, -0.05) is 13.8 Å². The second kappa shape index (κ2) is 8.56. The molecule has 2 aliphatic rings. The van der Waals surface area contributed by atoms with Crippen molar-refractivity contribution in [2.45, 2.75) is 64.5 Å². The molecule has 1 aliphatic heterocycles. The molecule has 0 bridgehead atoms. The number of nitrogens with zero attached hydrogens (tertiary/aromatic N) is 3. The number of nitrogens with two attached hydrogens (primary N) is 1. The lowest BCUT2D eigenvalue weighted by Crippen LogP contribution is -2.35. The maximum atomic E-state index is 10.8. The maximum Gasteiger partial charge on any atom is 0.404 e. The van der Waals surface area contributed by atoms with E-state index in [4.69, 9.17) is 10.5 Å². The van der Waals surface area contributed by atoms with Gasteiger partial charge in [0.15, 0.2) is 0 Å². The topological polar surface area (TPSA) is 93.4 Å². The zero-order valence-electron chi connectivity index (χ0n) is 15.9. The Kier molecular flexibility index (Phi) is 6.16. The smallest absolute Gasteiger partial charge is 0.404 e. The van der Waals surface area contributed by atoms with Crippen molar-refractivity contribution in [3.05, 3.63) is 12.4 Å². The van der Waals surface area contributed by atoms with Crippen LogP contribution >= 0.6 is 0 Å². The highest BCUT2D eigenvalue weighted by Gasteiger charge is 2.24. The highest BCUT2D eigenvalue weighted by Crippen LogP contribution is 2.28. The van der Waals surface area contributed by atoms with Crippen LogP contribution in [0.2, 0.25) is 0 Å². The molecular weight excluding hydrogens is 330 g/mol. The van der Waals surface area contributed by atoms with E-state index in [0.29, 0.717) is 12.0 Å². The number of rotatable bonds is 5. The number of amides is 1. The second-order valence-corrected chi connectivity index (χ2v) is 7.89. The summed E-state index contributed by atoms with van der Waals surface area (Å²) in [5, 5.41) is 3.39. The first-order chi connectivity index (χ1) is 12.5. The third-order valence-corrected chi connectivity index (χ3v) is 5.78. The van der Waals surface area contributed by atoms with Gasteiger partial charge < -0.3 is 20.7 Å². The zero-order valence-corrected chi connectivity index (χ0v) is 15.9. The Hall–Kier alpha value is -2.05. The molecule has 1 amide bonds. The molecule has 7 nitrogen and oxygen atoms in total. The van der Waals surface area contributed by atoms with Crippen molar-refractivity contribution < 1.29 is 9.53 Å². The van der Waals surface area contributed by atoms with E-state index in [9.17, 15) is 4.79 Å². The van der Waals surface area contributed by atoms with Gasteiger partial charge in [0, 0.05) is 19.1 Å². The first-order valence-corrected chi connectivity index (χ1v) is 9.81. The molecule has 144 valence electrons. The number of nitrogens with one attached hydrogen (secondary N) is 1. The molecule has 1 aromatic heterocycles. The van der Waals surface area contributed by atoms with Crippen LogP contribution < -0.4 is 16.0 Å². The minimum absolute atomic E-state index is 0.0531. The summed E-state index contributed by atoms with van der Waals surface area (Å²) in [4.78, 5) is 22.2. The summed E-state index contributed by atoms with van der Waals surface area (Å²) in [7, 11) is 0. The van der Waals surface area contributed by atoms with Crippen LogP contribution in [0.15, 0.2) is 12.4 Å². The van der Waals surface area contributed by atoms with Gasteiger partial charge in [0.1, 0.15) is 6.10 Å². The van der Waals surface area contributed by atoms with Crippen molar-refractivity contribution in [2.24, 2.45) is 17.6 Å². The van der Waals surface area contributed by atoms with Crippen molar-refractivity contribution >= 4 is 17.7 Å². The highest BCUT2D eigenvalue weighted by molar-refractivity contribution is 5.64. The van der Waals surface area contributed by atoms with E-state index in [2.05, 4.69) is 34.0 Å². The SMILES string of the molecule is CC(C)C1CCN(c2cnc(NC3CCC(OC(N)=O)CC3)nc2)CC1. The molecule has 0 aromatic carbocycles. The zero-order chi connectivity index (χ0) is 18.5. The Morgan fingerprint density at radius 1 is 1.15 bits per heavy atom. The van der Waals surface area contributed by atoms with Crippen LogP contribution in [0.4, 0.5) is 16.4 Å². The molecule has 1 saturated heterocycles. The summed E-state index contributed by atoms with van der Waals surface area (Å²) in [5.41, 5.74) is 6.19. The van der Waals surface area contributed by atoms with E-state index in [0.717, 1.165) is 56.3 Å². The number of hydrogen-bond donors (Lipinski definition) is 2. The van der Waals surface area contributed by atoms with Gasteiger partial charge in [-0.25, -0.2) is 14.8 Å². The van der Waals surface area contributed by atoms with Crippen LogP contribution in [-0.2, 0) is 4.74 Å². The molecule has 0 unspecified atom stereocenters. The fourth-order valence-electron chi connectivity index (χ4n) is 4.06. The number of hydrogen-bond acceptors (Lipinski definition) is 6. The Labute approximate surface area is 155 Å². The fraction of sp³-hybridized carbons (Fsp3) is 0.737. The molecule has 3 N–H and O–H groups in total. The molecule has 1 saturated carbocycles. The van der Waals surface area contributed by atoms with Gasteiger partial charge in [0.2, 0.25) is 5.95 Å². The minimum atomic E-state index is -0.683. The molecule has 3 rings (SSSR count). The molecule has 2 fully saturated rings. The Bertz CT molecular complexity index is 576. The number of aromatic nitrogens is 2. The van der Waals surface area contributed by atoms with Gasteiger partial charge in [0.25, 0.3) is 0 Å². The van der Waals surface area contributed by atoms with Crippen molar-refractivity contribution in [3.8, 4) is 0 Å². The lowest BCUT2D eigenvalue weighted by Gasteiger charge is -2.35. The number of carbonyl (C=O) groups excluding carboxylic acids is 1. The number of carbonyl (C=O) groups is 1. The van der Waals surface area contributed by atoms with E-state index in [1.807, 2.05) is 12.4 Å². The van der Waals surface area contributed by atoms with Gasteiger partial charge in [-0.15, -0.1) is 0 Å². The van der Waals surface area contributed by atoms with Crippen molar-refractivity contribution in [1.82, 2.24) is 9.97 Å². The van der Waals surface area contributed by atoms with Gasteiger partial charge in [-0.3, -0.25) is 0 Å². The summed E-state index contributed by atoms with van der Waals surface area (Å²) >= 11 is 0. The fourth-order valence-corrected chi connectivity index (χ4v) is 4.06. The molecule has 0 atom stereocenters. The molecule has 0 spiro atoms. The molecule has 2 heterocycles. The van der Waals surface area contributed by atoms with Crippen LogP contribution in [0.25, 0.3) is 0 Å². The molecule has 26 heavy (non-hydrogen) atoms. The average Bonchev–Trinajstić information content (AvgIpc) is 2.64. The second-order valence-electron chi connectivity index (χ2n) is 7.89. The maximum absolute atomic E-state index is 10.8. The molecule has 0 radical (unpaired) electrons. The monoisotopic (exact) mass is 361 g/mol. The molecule has 7 heteroatoms. The Morgan fingerprint density at radius 2 is 1.77 bits per heavy atom. The van der Waals surface area contributed by atoms with Crippen molar-refractivity contribution in [1.29, 1.82) is 0 Å². The van der Waals surface area contributed by atoms with Crippen molar-refractivity contribution in [2.75, 3.05) is 23.3 Å². The summed E-state index contributed by atoms with van der Waals surface area (Å²) in [5.74, 6) is 2.27. The standard InChI is InChI=1S/C19H31N5O2/c1-13(2)14-7-9-24(10-8-14)16-11-21-19(22-12-16)23-15-3-5-17(6-4-15)26-18(20)25/h11-15,17H,3-10H2,1-2H3,(H2,20,25)(H,21,22,23). The Morgan fingerprint density at radius 3 is 2.31 bits per heavy atom. The first-order valence-electron chi connectivity index (χ1n) is 9.81. The predicted octanol–water partition coefficient (Wildman–Crippen LogP) is 3.17. The summed E-state index contributed by atoms with van der Waals surface area (Å²) in [6.07, 6.45) is 9.09. The first kappa shape index (κ1) is 18.7. The van der Waals surface area contributed by atoms with Crippen LogP contribution in [0.5, 0.6) is 0 Å². The lowest BCUT2D eigenvalue weighted by atomic mass is 9.87. The van der Waals surface area contributed by atoms with Gasteiger partial charge >= 0.3 is 6.09 Å². The molecular formula is C19H31N5O2. The number of anilines is 2. The highest BCUT2D eigenvalue weighted by atomic mass is 16.6. The number of piperidine rings is 1. The Balaban J connectivity index is 1.46. The number of primary amides is 1. The number of ether oxygens (including phenoxy) is 1. The predicted molar refractivity (Wildman–Crippen MR) is 102 cm³/mol. The summed E-state index contributed by atoms with van der Waals surface area (Å²) in [6, 6.07) is 0.315. The van der Waals surface area contributed by atoms with Crippen LogP contribution in [0.3, 0.4) is 0 Å². The normalized spacial score (nSPS) is 24.5. The van der Waals surface area contributed by atoms with Gasteiger partial charge in [-0.2, -0.15) is 0 Å². The quantitative estimate of drug-likeness (QED) is 0.837. The van der Waals surface area contributed by atoms with E-state index >= 15 is 0 Å².